The highest BCUT2D eigenvalue weighted by Crippen LogP contribution is 2.21. The van der Waals surface area contributed by atoms with E-state index in [1.807, 2.05) is 0 Å². The summed E-state index contributed by atoms with van der Waals surface area (Å²) in [4.78, 5) is 33.8. The van der Waals surface area contributed by atoms with Crippen LogP contribution in [0.4, 0.5) is 5.69 Å². The molecule has 10 nitrogen and oxygen atoms in total. The highest BCUT2D eigenvalue weighted by atomic mass is 16.6. The van der Waals surface area contributed by atoms with Crippen LogP contribution in [-0.2, 0) is 9.53 Å². The number of aliphatic carboxylic acids is 1. The number of methoxy groups -OCH3 is 1. The van der Waals surface area contributed by atoms with Crippen LogP contribution in [0.25, 0.3) is 5.69 Å². The van der Waals surface area contributed by atoms with Crippen LogP contribution < -0.4 is 5.32 Å². The van der Waals surface area contributed by atoms with Gasteiger partial charge < -0.3 is 15.2 Å². The average Bonchev–Trinajstić information content (AvgIpc) is 3.08. The number of carboxylic acid groups (broad SMARTS) is 1. The fourth-order valence-corrected chi connectivity index (χ4v) is 2.12. The number of nitrogens with one attached hydrogen (secondary N) is 1. The third-order valence-corrected chi connectivity index (χ3v) is 3.36. The van der Waals surface area contributed by atoms with E-state index in [0.29, 0.717) is 0 Å². The minimum absolute atomic E-state index is 0.0539. The van der Waals surface area contributed by atoms with Gasteiger partial charge in [0, 0.05) is 32.4 Å². The van der Waals surface area contributed by atoms with Crippen LogP contribution in [0.5, 0.6) is 0 Å². The number of para-hydroxylation sites is 2. The molecule has 0 bridgehead atoms. The molecule has 0 aliphatic carbocycles. The standard InChI is InChI=1S/C15H16N4O6/c1-25-9-7-11(15(21)22)16-14(20)10-6-8-18(17-10)12-4-2-3-5-13(12)19(23)24/h2-6,8,11H,7,9H2,1H3,(H,16,20)(H,21,22). The van der Waals surface area contributed by atoms with Crippen molar-refractivity contribution in [2.24, 2.45) is 0 Å². The number of carboxylic acids is 1. The monoisotopic (exact) mass is 348 g/mol. The van der Waals surface area contributed by atoms with E-state index >= 15 is 0 Å². The number of hydrogen-bond donors (Lipinski definition) is 2. The van der Waals surface area contributed by atoms with Crippen LogP contribution in [0.1, 0.15) is 16.9 Å². The second-order valence-electron chi connectivity index (χ2n) is 5.04. The summed E-state index contributed by atoms with van der Waals surface area (Å²) >= 11 is 0. The number of carbonyl (C=O) groups excluding carboxylic acids is 1. The summed E-state index contributed by atoms with van der Waals surface area (Å²) in [5.41, 5.74) is -0.0244. The van der Waals surface area contributed by atoms with Gasteiger partial charge in [0.25, 0.3) is 11.6 Å². The first-order chi connectivity index (χ1) is 11.9. The van der Waals surface area contributed by atoms with Gasteiger partial charge in [-0.05, 0) is 12.1 Å². The van der Waals surface area contributed by atoms with Gasteiger partial charge in [0.1, 0.15) is 11.7 Å². The minimum Gasteiger partial charge on any atom is -0.480 e. The van der Waals surface area contributed by atoms with E-state index in [4.69, 9.17) is 9.84 Å². The summed E-state index contributed by atoms with van der Waals surface area (Å²) < 4.78 is 6.00. The second kappa shape index (κ2) is 8.02. The van der Waals surface area contributed by atoms with E-state index in [-0.39, 0.29) is 30.1 Å². The zero-order valence-corrected chi connectivity index (χ0v) is 13.3. The molecule has 1 unspecified atom stereocenters. The lowest BCUT2D eigenvalue weighted by Crippen LogP contribution is -2.41. The van der Waals surface area contributed by atoms with Crippen LogP contribution in [-0.4, -0.2) is 51.4 Å². The Labute approximate surface area is 142 Å². The number of amides is 1. The summed E-state index contributed by atoms with van der Waals surface area (Å²) in [6.07, 6.45) is 1.49. The Hall–Kier alpha value is -3.27. The molecule has 0 saturated carbocycles. The number of nitro benzene ring substituents is 1. The van der Waals surface area contributed by atoms with Gasteiger partial charge in [0.15, 0.2) is 5.69 Å². The molecule has 1 amide bonds. The third kappa shape index (κ3) is 4.38. The Morgan fingerprint density at radius 3 is 2.76 bits per heavy atom. The van der Waals surface area contributed by atoms with Gasteiger partial charge in [-0.3, -0.25) is 14.9 Å². The molecule has 0 radical (unpaired) electrons. The third-order valence-electron chi connectivity index (χ3n) is 3.36. The second-order valence-corrected chi connectivity index (χ2v) is 5.04. The molecule has 0 saturated heterocycles. The van der Waals surface area contributed by atoms with Crippen LogP contribution in [0.2, 0.25) is 0 Å². The maximum Gasteiger partial charge on any atom is 0.326 e. The van der Waals surface area contributed by atoms with Crippen molar-refractivity contribution < 1.29 is 24.4 Å². The number of nitro groups is 1. The van der Waals surface area contributed by atoms with Gasteiger partial charge in [-0.25, -0.2) is 9.48 Å². The lowest BCUT2D eigenvalue weighted by molar-refractivity contribution is -0.384. The van der Waals surface area contributed by atoms with E-state index in [9.17, 15) is 19.7 Å². The predicted molar refractivity (Wildman–Crippen MR) is 85.6 cm³/mol. The summed E-state index contributed by atoms with van der Waals surface area (Å²) in [7, 11) is 1.43. The van der Waals surface area contributed by atoms with Crippen molar-refractivity contribution in [1.29, 1.82) is 0 Å². The summed E-state index contributed by atoms with van der Waals surface area (Å²) in [5.74, 6) is -1.88. The number of hydrogen-bond acceptors (Lipinski definition) is 6. The first-order valence-electron chi connectivity index (χ1n) is 7.26. The van der Waals surface area contributed by atoms with Crippen molar-refractivity contribution in [1.82, 2.24) is 15.1 Å². The first kappa shape index (κ1) is 18.1. The Morgan fingerprint density at radius 2 is 2.12 bits per heavy atom. The number of nitrogens with zero attached hydrogens (tertiary/aromatic N) is 3. The number of rotatable bonds is 8. The molecule has 2 aromatic rings. The van der Waals surface area contributed by atoms with E-state index in [0.717, 1.165) is 0 Å². The van der Waals surface area contributed by atoms with Crippen LogP contribution in [0.15, 0.2) is 36.5 Å². The maximum absolute atomic E-state index is 12.2. The normalized spacial score (nSPS) is 11.7. The highest BCUT2D eigenvalue weighted by Gasteiger charge is 2.22. The Kier molecular flexibility index (Phi) is 5.79. The fourth-order valence-electron chi connectivity index (χ4n) is 2.12. The van der Waals surface area contributed by atoms with Gasteiger partial charge in [-0.1, -0.05) is 12.1 Å². The van der Waals surface area contributed by atoms with Gasteiger partial charge in [0.2, 0.25) is 0 Å². The number of benzene rings is 1. The number of aromatic nitrogens is 2. The molecule has 1 aromatic carbocycles. The van der Waals surface area contributed by atoms with Gasteiger partial charge in [-0.15, -0.1) is 0 Å². The zero-order chi connectivity index (χ0) is 18.4. The van der Waals surface area contributed by atoms with Crippen LogP contribution in [0.3, 0.4) is 0 Å². The molecule has 132 valence electrons. The van der Waals surface area contributed by atoms with E-state index in [2.05, 4.69) is 10.4 Å². The highest BCUT2D eigenvalue weighted by molar-refractivity contribution is 5.94. The number of ether oxygens (including phenoxy) is 1. The summed E-state index contributed by atoms with van der Waals surface area (Å²) in [5, 5.41) is 26.5. The van der Waals surface area contributed by atoms with E-state index in [1.165, 1.54) is 42.3 Å². The van der Waals surface area contributed by atoms with Crippen LogP contribution in [0, 0.1) is 10.1 Å². The van der Waals surface area contributed by atoms with Crippen LogP contribution >= 0.6 is 0 Å². The fraction of sp³-hybridized carbons (Fsp3) is 0.267. The summed E-state index contributed by atoms with van der Waals surface area (Å²) in [6.45, 7) is 0.169. The largest absolute Gasteiger partial charge is 0.480 e. The molecule has 10 heteroatoms. The summed E-state index contributed by atoms with van der Waals surface area (Å²) in [6, 6.07) is 6.17. The molecule has 2 N–H and O–H groups in total. The molecular formula is C15H16N4O6. The average molecular weight is 348 g/mol. The molecule has 0 spiro atoms. The van der Waals surface area contributed by atoms with Gasteiger partial charge in [-0.2, -0.15) is 5.10 Å². The van der Waals surface area contributed by atoms with Crippen molar-refractivity contribution in [2.75, 3.05) is 13.7 Å². The lowest BCUT2D eigenvalue weighted by Gasteiger charge is -2.12. The zero-order valence-electron chi connectivity index (χ0n) is 13.3. The molecular weight excluding hydrogens is 332 g/mol. The Balaban J connectivity index is 2.19. The van der Waals surface area contributed by atoms with E-state index < -0.39 is 22.8 Å². The predicted octanol–water partition coefficient (Wildman–Crippen LogP) is 1.00. The molecule has 0 fully saturated rings. The number of carbonyl (C=O) groups is 2. The molecule has 2 rings (SSSR count). The van der Waals surface area contributed by atoms with Crippen molar-refractivity contribution in [3.63, 3.8) is 0 Å². The maximum atomic E-state index is 12.2. The van der Waals surface area contributed by atoms with Crippen molar-refractivity contribution in [3.8, 4) is 5.69 Å². The van der Waals surface area contributed by atoms with Gasteiger partial charge >= 0.3 is 5.97 Å². The van der Waals surface area contributed by atoms with Crippen molar-refractivity contribution in [2.45, 2.75) is 12.5 Å². The Bertz CT molecular complexity index is 788. The molecule has 0 aliphatic rings. The Morgan fingerprint density at radius 1 is 1.40 bits per heavy atom. The lowest BCUT2D eigenvalue weighted by atomic mass is 10.2. The van der Waals surface area contributed by atoms with E-state index in [1.54, 1.807) is 6.07 Å². The molecule has 1 heterocycles. The van der Waals surface area contributed by atoms with Crippen molar-refractivity contribution in [3.05, 3.63) is 52.3 Å². The molecule has 25 heavy (non-hydrogen) atoms. The van der Waals surface area contributed by atoms with Gasteiger partial charge in [0.05, 0.1) is 4.92 Å². The molecule has 0 aliphatic heterocycles. The molecule has 1 aromatic heterocycles. The topological polar surface area (TPSA) is 137 Å². The molecule has 1 atom stereocenters. The smallest absolute Gasteiger partial charge is 0.326 e. The minimum atomic E-state index is -1.19. The first-order valence-corrected chi connectivity index (χ1v) is 7.26. The SMILES string of the molecule is COCCC(NC(=O)c1ccn(-c2ccccc2[N+](=O)[O-])n1)C(=O)O. The quantitative estimate of drug-likeness (QED) is 0.536. The van der Waals surface area contributed by atoms with Crippen molar-refractivity contribution >= 4 is 17.6 Å².